The number of carbonyl (C=O) groups is 2. The number of nitrogens with zero attached hydrogens (tertiary/aromatic N) is 2. The maximum absolute atomic E-state index is 12.4. The third kappa shape index (κ3) is 3.01. The van der Waals surface area contributed by atoms with E-state index >= 15 is 0 Å². The van der Waals surface area contributed by atoms with Crippen LogP contribution in [0.2, 0.25) is 0 Å². The minimum atomic E-state index is -0.261. The van der Waals surface area contributed by atoms with Crippen LogP contribution in [-0.2, 0) is 11.3 Å². The monoisotopic (exact) mass is 346 g/mol. The smallest absolute Gasteiger partial charge is 0.325 e. The highest BCUT2D eigenvalue weighted by atomic mass is 32.2. The number of thioether (sulfide) groups is 1. The van der Waals surface area contributed by atoms with Gasteiger partial charge in [-0.1, -0.05) is 18.7 Å². The number of carbonyl (C=O) groups excluding carboxylic acids is 2. The maximum Gasteiger partial charge on any atom is 0.343 e. The van der Waals surface area contributed by atoms with E-state index in [1.807, 2.05) is 13.8 Å². The minimum absolute atomic E-state index is 0.0518. The van der Waals surface area contributed by atoms with Crippen LogP contribution in [0.25, 0.3) is 0 Å². The molecule has 0 unspecified atom stereocenters. The highest BCUT2D eigenvalue weighted by Gasteiger charge is 2.27. The Hall–Kier alpha value is -2.35. The van der Waals surface area contributed by atoms with Crippen molar-refractivity contribution in [1.29, 1.82) is 0 Å². The number of hydrogen-bond acceptors (Lipinski definition) is 5. The molecular weight excluding hydrogens is 328 g/mol. The normalized spacial score (nSPS) is 16.1. The molecule has 1 aromatic heterocycles. The van der Waals surface area contributed by atoms with Gasteiger partial charge in [-0.25, -0.2) is 9.89 Å². The average molecular weight is 346 g/mol. The van der Waals surface area contributed by atoms with E-state index in [4.69, 9.17) is 0 Å². The van der Waals surface area contributed by atoms with Crippen LogP contribution in [0.15, 0.2) is 28.2 Å². The Kier molecular flexibility index (Phi) is 4.57. The number of hydrogen-bond donors (Lipinski definition) is 2. The molecule has 1 aromatic carbocycles. The summed E-state index contributed by atoms with van der Waals surface area (Å²) in [5, 5.41) is 9.67. The van der Waals surface area contributed by atoms with Crippen LogP contribution in [0.4, 0.5) is 5.69 Å². The van der Waals surface area contributed by atoms with Gasteiger partial charge in [-0.2, -0.15) is 0 Å². The number of ketones is 1. The summed E-state index contributed by atoms with van der Waals surface area (Å²) in [6.07, 6.45) is 0.810. The molecular formula is C16H18N4O3S. The first-order chi connectivity index (χ1) is 11.5. The van der Waals surface area contributed by atoms with Gasteiger partial charge in [0.05, 0.1) is 11.7 Å². The van der Waals surface area contributed by atoms with Gasteiger partial charge < -0.3 is 5.32 Å². The van der Waals surface area contributed by atoms with Gasteiger partial charge in [0.25, 0.3) is 0 Å². The number of anilines is 1. The number of fused-ring (bicyclic) bond motifs is 1. The van der Waals surface area contributed by atoms with E-state index in [1.54, 1.807) is 18.2 Å². The van der Waals surface area contributed by atoms with Crippen LogP contribution in [0, 0.1) is 0 Å². The molecule has 1 atom stereocenters. The Bertz CT molecular complexity index is 855. The van der Waals surface area contributed by atoms with Crippen LogP contribution in [0.5, 0.6) is 0 Å². The van der Waals surface area contributed by atoms with Crippen LogP contribution < -0.4 is 11.0 Å². The molecule has 1 aliphatic rings. The van der Waals surface area contributed by atoms with E-state index in [0.717, 1.165) is 17.7 Å². The molecule has 126 valence electrons. The van der Waals surface area contributed by atoms with Gasteiger partial charge in [0.1, 0.15) is 0 Å². The summed E-state index contributed by atoms with van der Waals surface area (Å²) in [6, 6.07) is 5.24. The van der Waals surface area contributed by atoms with Crippen molar-refractivity contribution in [3.05, 3.63) is 39.8 Å². The van der Waals surface area contributed by atoms with Crippen molar-refractivity contribution in [3.63, 3.8) is 0 Å². The zero-order chi connectivity index (χ0) is 17.3. The van der Waals surface area contributed by atoms with E-state index < -0.39 is 0 Å². The molecule has 0 fully saturated rings. The number of benzene rings is 1. The summed E-state index contributed by atoms with van der Waals surface area (Å²) in [5.41, 5.74) is 1.91. The van der Waals surface area contributed by atoms with Crippen molar-refractivity contribution in [2.24, 2.45) is 0 Å². The number of aromatic nitrogens is 3. The van der Waals surface area contributed by atoms with Crippen LogP contribution in [0.1, 0.15) is 42.1 Å². The predicted octanol–water partition coefficient (Wildman–Crippen LogP) is 2.01. The zero-order valence-electron chi connectivity index (χ0n) is 13.5. The van der Waals surface area contributed by atoms with Gasteiger partial charge in [-0.3, -0.25) is 14.2 Å². The average Bonchev–Trinajstić information content (AvgIpc) is 3.06. The molecule has 2 aromatic rings. The number of Topliss-reactive ketones (excluding diaryl/α,β-unsaturated/α-hetero) is 1. The Labute approximate surface area is 142 Å². The lowest BCUT2D eigenvalue weighted by Crippen LogP contribution is -2.17. The lowest BCUT2D eigenvalue weighted by atomic mass is 9.99. The highest BCUT2D eigenvalue weighted by Crippen LogP contribution is 2.33. The highest BCUT2D eigenvalue weighted by molar-refractivity contribution is 7.99. The first-order valence-electron chi connectivity index (χ1n) is 7.77. The summed E-state index contributed by atoms with van der Waals surface area (Å²) in [6.45, 7) is 4.35. The Morgan fingerprint density at radius 3 is 2.92 bits per heavy atom. The summed E-state index contributed by atoms with van der Waals surface area (Å²) >= 11 is 1.23. The lowest BCUT2D eigenvalue weighted by Gasteiger charge is -2.06. The molecule has 0 spiro atoms. The van der Waals surface area contributed by atoms with Gasteiger partial charge in [-0.15, -0.1) is 5.10 Å². The molecule has 2 heterocycles. The van der Waals surface area contributed by atoms with E-state index in [-0.39, 0.29) is 29.1 Å². The number of nitrogens with one attached hydrogen (secondary N) is 2. The van der Waals surface area contributed by atoms with E-state index in [0.29, 0.717) is 17.3 Å². The summed E-state index contributed by atoms with van der Waals surface area (Å²) in [7, 11) is 0. The van der Waals surface area contributed by atoms with Crippen molar-refractivity contribution >= 4 is 29.1 Å². The van der Waals surface area contributed by atoms with Crippen molar-refractivity contribution in [1.82, 2.24) is 14.8 Å². The van der Waals surface area contributed by atoms with Crippen LogP contribution in [0.3, 0.4) is 0 Å². The van der Waals surface area contributed by atoms with Gasteiger partial charge in [0, 0.05) is 17.8 Å². The minimum Gasteiger partial charge on any atom is -0.325 e. The molecule has 1 aliphatic heterocycles. The van der Waals surface area contributed by atoms with Gasteiger partial charge in [0.2, 0.25) is 5.91 Å². The van der Waals surface area contributed by atoms with Gasteiger partial charge in [0.15, 0.2) is 10.9 Å². The molecule has 0 radical (unpaired) electrons. The second-order valence-electron chi connectivity index (χ2n) is 5.69. The number of rotatable bonds is 6. The second kappa shape index (κ2) is 6.64. The first kappa shape index (κ1) is 16.5. The fraction of sp³-hybridized carbons (Fsp3) is 0.375. The maximum atomic E-state index is 12.4. The van der Waals surface area contributed by atoms with Crippen LogP contribution in [-0.4, -0.2) is 32.2 Å². The van der Waals surface area contributed by atoms with Crippen molar-refractivity contribution in [3.8, 4) is 0 Å². The van der Waals surface area contributed by atoms with Crippen molar-refractivity contribution in [2.75, 3.05) is 11.1 Å². The molecule has 8 heteroatoms. The fourth-order valence-corrected chi connectivity index (χ4v) is 3.51. The topological polar surface area (TPSA) is 96.8 Å². The van der Waals surface area contributed by atoms with Gasteiger partial charge in [-0.05, 0) is 37.1 Å². The molecule has 2 N–H and O–H groups in total. The zero-order valence-corrected chi connectivity index (χ0v) is 14.3. The van der Waals surface area contributed by atoms with E-state index in [1.165, 1.54) is 16.3 Å². The van der Waals surface area contributed by atoms with Crippen molar-refractivity contribution < 1.29 is 9.59 Å². The van der Waals surface area contributed by atoms with Gasteiger partial charge >= 0.3 is 5.69 Å². The molecule has 3 rings (SSSR count). The first-order valence-corrected chi connectivity index (χ1v) is 8.75. The lowest BCUT2D eigenvalue weighted by molar-refractivity contribution is -0.116. The summed E-state index contributed by atoms with van der Waals surface area (Å²) < 4.78 is 1.53. The molecule has 1 amide bonds. The third-order valence-corrected chi connectivity index (χ3v) is 4.97. The Balaban J connectivity index is 1.73. The number of H-pyrrole nitrogens is 1. The number of amides is 1. The van der Waals surface area contributed by atoms with Crippen molar-refractivity contribution in [2.45, 2.75) is 37.9 Å². The molecule has 0 saturated heterocycles. The molecule has 0 aliphatic carbocycles. The Morgan fingerprint density at radius 2 is 2.17 bits per heavy atom. The Morgan fingerprint density at radius 1 is 1.38 bits per heavy atom. The summed E-state index contributed by atoms with van der Waals surface area (Å²) in [5.74, 6) is -0.180. The molecule has 0 bridgehead atoms. The van der Waals surface area contributed by atoms with E-state index in [2.05, 4.69) is 15.5 Å². The van der Waals surface area contributed by atoms with E-state index in [9.17, 15) is 14.4 Å². The third-order valence-electron chi connectivity index (χ3n) is 3.99. The molecule has 0 saturated carbocycles. The van der Waals surface area contributed by atoms with Crippen LogP contribution >= 0.6 is 11.8 Å². The predicted molar refractivity (Wildman–Crippen MR) is 91.7 cm³/mol. The number of aromatic amines is 1. The quantitative estimate of drug-likeness (QED) is 0.616. The fourth-order valence-electron chi connectivity index (χ4n) is 2.64. The second-order valence-corrected chi connectivity index (χ2v) is 6.63. The summed E-state index contributed by atoms with van der Waals surface area (Å²) in [4.78, 5) is 35.8. The standard InChI is InChI=1S/C16H18N4O3S/c1-3-6-20-15(23)18-19-16(20)24-8-13(21)10-4-5-12-11(7-10)9(2)14(22)17-12/h4-5,7,9H,3,6,8H2,1-2H3,(H,17,22)(H,18,23)/t9-/m1/s1. The SMILES string of the molecule is CCCn1c(SCC(=O)c2ccc3c(c2)[C@@H](C)C(=O)N3)n[nH]c1=O. The molecule has 7 nitrogen and oxygen atoms in total. The molecule has 24 heavy (non-hydrogen) atoms. The largest absolute Gasteiger partial charge is 0.343 e.